The van der Waals surface area contributed by atoms with Crippen molar-refractivity contribution in [3.63, 3.8) is 0 Å². The van der Waals surface area contributed by atoms with Gasteiger partial charge in [-0.25, -0.2) is 0 Å². The highest BCUT2D eigenvalue weighted by Crippen LogP contribution is 2.47. The van der Waals surface area contributed by atoms with Gasteiger partial charge in [0.25, 0.3) is 0 Å². The maximum absolute atomic E-state index is 13.5. The Morgan fingerprint density at radius 2 is 1.68 bits per heavy atom. The quantitative estimate of drug-likeness (QED) is 0.218. The van der Waals surface area contributed by atoms with Gasteiger partial charge in [0.05, 0.1) is 43.4 Å². The third-order valence-electron chi connectivity index (χ3n) is 7.55. The Hall–Kier alpha value is -1.28. The molecule has 0 aromatic rings. The molecule has 9 atom stereocenters. The molecule has 1 aliphatic rings. The molecule has 34 heavy (non-hydrogen) atoms. The number of esters is 1. The summed E-state index contributed by atoms with van der Waals surface area (Å²) in [5, 5.41) is 21.6. The van der Waals surface area contributed by atoms with Gasteiger partial charge in [0, 0.05) is 24.9 Å². The molecule has 0 spiro atoms. The van der Waals surface area contributed by atoms with E-state index in [2.05, 4.69) is 17.7 Å². The van der Waals surface area contributed by atoms with Crippen LogP contribution >= 0.6 is 0 Å². The molecule has 0 aromatic heterocycles. The van der Waals surface area contributed by atoms with E-state index < -0.39 is 41.2 Å². The van der Waals surface area contributed by atoms with Crippen LogP contribution in [0.2, 0.25) is 0 Å². The Morgan fingerprint density at radius 3 is 2.15 bits per heavy atom. The fourth-order valence-corrected chi connectivity index (χ4v) is 5.66. The summed E-state index contributed by atoms with van der Waals surface area (Å²) >= 11 is 0. The molecule has 0 bridgehead atoms. The number of rotatable bonds is 14. The highest BCUT2D eigenvalue weighted by atomic mass is 16.6. The maximum Gasteiger partial charge on any atom is 0.308 e. The molecule has 2 N–H and O–H groups in total. The summed E-state index contributed by atoms with van der Waals surface area (Å²) in [5.41, 5.74) is -0.312. The van der Waals surface area contributed by atoms with E-state index in [9.17, 15) is 19.8 Å². The molecule has 1 aliphatic heterocycles. The van der Waals surface area contributed by atoms with Crippen LogP contribution in [0.15, 0.2) is 11.6 Å². The molecule has 7 nitrogen and oxygen atoms in total. The first-order valence-corrected chi connectivity index (χ1v) is 12.4. The van der Waals surface area contributed by atoms with Crippen LogP contribution in [0.3, 0.4) is 0 Å². The summed E-state index contributed by atoms with van der Waals surface area (Å²) in [6, 6.07) is 0. The van der Waals surface area contributed by atoms with Gasteiger partial charge < -0.3 is 24.4 Å². The molecule has 0 unspecified atom stereocenters. The molecule has 0 aliphatic carbocycles. The van der Waals surface area contributed by atoms with Gasteiger partial charge in [-0.15, -0.1) is 0 Å². The number of ether oxygens (including phenoxy) is 3. The van der Waals surface area contributed by atoms with Crippen LogP contribution in [0.25, 0.3) is 0 Å². The van der Waals surface area contributed by atoms with Crippen LogP contribution in [0, 0.1) is 29.1 Å². The van der Waals surface area contributed by atoms with Crippen molar-refractivity contribution in [1.29, 1.82) is 0 Å². The number of aliphatic hydroxyl groups is 2. The van der Waals surface area contributed by atoms with Crippen molar-refractivity contribution in [1.82, 2.24) is 0 Å². The second kappa shape index (κ2) is 12.1. The normalized spacial score (nSPS) is 26.4. The maximum atomic E-state index is 13.5. The second-order valence-electron chi connectivity index (χ2n) is 11.3. The molecule has 1 saturated heterocycles. The van der Waals surface area contributed by atoms with Crippen molar-refractivity contribution in [2.75, 3.05) is 14.2 Å². The first-order chi connectivity index (χ1) is 15.5. The average Bonchev–Trinajstić information content (AvgIpc) is 3.44. The Kier molecular flexibility index (Phi) is 11.0. The van der Waals surface area contributed by atoms with E-state index in [4.69, 9.17) is 9.47 Å². The van der Waals surface area contributed by atoms with E-state index in [-0.39, 0.29) is 36.1 Å². The van der Waals surface area contributed by atoms with E-state index in [1.807, 2.05) is 48.5 Å². The van der Waals surface area contributed by atoms with Gasteiger partial charge in [0.15, 0.2) is 0 Å². The number of carbonyl (C=O) groups excluding carboxylic acids is 2. The van der Waals surface area contributed by atoms with Crippen LogP contribution < -0.4 is 0 Å². The molecule has 198 valence electrons. The van der Waals surface area contributed by atoms with Crippen molar-refractivity contribution in [3.05, 3.63) is 11.6 Å². The van der Waals surface area contributed by atoms with Gasteiger partial charge >= 0.3 is 5.97 Å². The van der Waals surface area contributed by atoms with Crippen molar-refractivity contribution in [2.24, 2.45) is 29.1 Å². The number of ketones is 1. The summed E-state index contributed by atoms with van der Waals surface area (Å²) in [6.45, 7) is 17.3. The van der Waals surface area contributed by atoms with E-state index in [0.717, 1.165) is 0 Å². The number of carbonyl (C=O) groups is 2. The Morgan fingerprint density at radius 1 is 1.12 bits per heavy atom. The SMILES string of the molecule is COC(=O)C[C@@H](O)[C@H](C)[C@@H](OC)C(C)(C)C(=O)[C@@H](C)C[C@H](C)[C@H](O)[C@@]1(C)O[C@@H]1[C@@H](C)C=C(C)C. The summed E-state index contributed by atoms with van der Waals surface area (Å²) in [5.74, 6) is -1.26. The van der Waals surface area contributed by atoms with Crippen LogP contribution in [-0.4, -0.2) is 66.2 Å². The first-order valence-electron chi connectivity index (χ1n) is 12.4. The number of hydrogen-bond acceptors (Lipinski definition) is 7. The van der Waals surface area contributed by atoms with Crippen molar-refractivity contribution in [2.45, 2.75) is 105 Å². The van der Waals surface area contributed by atoms with Gasteiger partial charge in [-0.2, -0.15) is 0 Å². The van der Waals surface area contributed by atoms with Gasteiger partial charge in [0.2, 0.25) is 0 Å². The fourth-order valence-electron chi connectivity index (χ4n) is 5.66. The number of Topliss-reactive ketones (excluding diaryl/α,β-unsaturated/α-hetero) is 1. The Labute approximate surface area is 206 Å². The largest absolute Gasteiger partial charge is 0.469 e. The summed E-state index contributed by atoms with van der Waals surface area (Å²) < 4.78 is 16.3. The number of hydrogen-bond donors (Lipinski definition) is 2. The number of epoxide rings is 1. The minimum atomic E-state index is -0.993. The van der Waals surface area contributed by atoms with E-state index in [0.29, 0.717) is 6.42 Å². The molecule has 1 heterocycles. The van der Waals surface area contributed by atoms with E-state index in [1.54, 1.807) is 6.92 Å². The lowest BCUT2D eigenvalue weighted by Gasteiger charge is -2.39. The lowest BCUT2D eigenvalue weighted by atomic mass is 9.70. The highest BCUT2D eigenvalue weighted by molar-refractivity contribution is 5.86. The molecular formula is C27H48O7. The molecule has 0 radical (unpaired) electrons. The van der Waals surface area contributed by atoms with Gasteiger partial charge in [-0.05, 0) is 33.1 Å². The summed E-state index contributed by atoms with van der Waals surface area (Å²) in [7, 11) is 2.78. The highest BCUT2D eigenvalue weighted by Gasteiger charge is 2.60. The zero-order valence-electron chi connectivity index (χ0n) is 23.0. The van der Waals surface area contributed by atoms with Crippen molar-refractivity contribution < 1.29 is 34.0 Å². The van der Waals surface area contributed by atoms with Gasteiger partial charge in [0.1, 0.15) is 11.4 Å². The standard InChI is InChI=1S/C27H48O7/c1-15(2)12-18(5)24-27(9,34-24)23(31)17(4)13-16(3)22(30)26(7,8)25(33-11)19(6)20(28)14-21(29)32-10/h12,16-20,23-25,28,31H,13-14H2,1-11H3/t16-,17-,18-,19-,20+,23-,24+,25+,27+/m0/s1. The van der Waals surface area contributed by atoms with E-state index >= 15 is 0 Å². The third-order valence-corrected chi connectivity index (χ3v) is 7.55. The average molecular weight is 485 g/mol. The Balaban J connectivity index is 2.86. The Bertz CT molecular complexity index is 726. The zero-order chi connectivity index (χ0) is 26.6. The number of aliphatic hydroxyl groups excluding tert-OH is 2. The molecule has 0 aromatic carbocycles. The van der Waals surface area contributed by atoms with Gasteiger partial charge in [-0.1, -0.05) is 53.2 Å². The molecule has 1 fully saturated rings. The minimum Gasteiger partial charge on any atom is -0.469 e. The predicted molar refractivity (Wildman–Crippen MR) is 132 cm³/mol. The summed E-state index contributed by atoms with van der Waals surface area (Å²) in [4.78, 5) is 25.1. The molecule has 0 amide bonds. The minimum absolute atomic E-state index is 0.00755. The number of methoxy groups -OCH3 is 2. The number of allylic oxidation sites excluding steroid dienone is 1. The van der Waals surface area contributed by atoms with Crippen LogP contribution in [0.4, 0.5) is 0 Å². The lowest BCUT2D eigenvalue weighted by Crippen LogP contribution is -2.48. The smallest absolute Gasteiger partial charge is 0.308 e. The van der Waals surface area contributed by atoms with E-state index in [1.165, 1.54) is 19.8 Å². The fraction of sp³-hybridized carbons (Fsp3) is 0.852. The van der Waals surface area contributed by atoms with Crippen molar-refractivity contribution in [3.8, 4) is 0 Å². The third kappa shape index (κ3) is 7.12. The zero-order valence-corrected chi connectivity index (χ0v) is 23.0. The van der Waals surface area contributed by atoms with Crippen LogP contribution in [0.1, 0.15) is 75.2 Å². The first kappa shape index (κ1) is 30.8. The van der Waals surface area contributed by atoms with Crippen LogP contribution in [-0.2, 0) is 23.8 Å². The molecular weight excluding hydrogens is 436 g/mol. The molecule has 0 saturated carbocycles. The van der Waals surface area contributed by atoms with Crippen molar-refractivity contribution >= 4 is 11.8 Å². The molecule has 7 heteroatoms. The van der Waals surface area contributed by atoms with Gasteiger partial charge in [-0.3, -0.25) is 9.59 Å². The second-order valence-corrected chi connectivity index (χ2v) is 11.3. The summed E-state index contributed by atoms with van der Waals surface area (Å²) in [6.07, 6.45) is 0.170. The van der Waals surface area contributed by atoms with Crippen LogP contribution in [0.5, 0.6) is 0 Å². The predicted octanol–water partition coefficient (Wildman–Crippen LogP) is 3.94. The monoisotopic (exact) mass is 484 g/mol. The topological polar surface area (TPSA) is 106 Å². The lowest BCUT2D eigenvalue weighted by molar-refractivity contribution is -0.149. The molecule has 1 rings (SSSR count).